The second kappa shape index (κ2) is 12.3. The standard InChI is InChI=1S/C33H36N4O5/c1-22-30(23(2)37(35-22)16-15-36-17-20-40-21-18-36)28-12-6-11-26-27(32(34-31(26)28)42-33(38)39)13-7-19-41-29-14-5-9-24-8-3-4-10-25(24)29/h3-6,8-12,14,34H,7,13,15-21H2,1-2H3,(H,38,39). The van der Waals surface area contributed by atoms with E-state index in [-0.39, 0.29) is 5.88 Å². The number of ether oxygens (including phenoxy) is 3. The molecule has 0 bridgehead atoms. The third kappa shape index (κ3) is 5.70. The summed E-state index contributed by atoms with van der Waals surface area (Å²) in [6, 6.07) is 20.3. The van der Waals surface area contributed by atoms with Gasteiger partial charge in [-0.3, -0.25) is 9.58 Å². The van der Waals surface area contributed by atoms with E-state index < -0.39 is 6.16 Å². The van der Waals surface area contributed by atoms with Crippen LogP contribution in [0.5, 0.6) is 11.6 Å². The molecule has 0 radical (unpaired) electrons. The van der Waals surface area contributed by atoms with Crippen molar-refractivity contribution in [3.63, 3.8) is 0 Å². The molecule has 1 aliphatic heterocycles. The molecule has 1 aliphatic rings. The number of morpholine rings is 1. The molecule has 1 fully saturated rings. The number of fused-ring (bicyclic) bond motifs is 2. The van der Waals surface area contributed by atoms with Gasteiger partial charge in [-0.25, -0.2) is 4.79 Å². The third-order valence-corrected chi connectivity index (χ3v) is 8.05. The van der Waals surface area contributed by atoms with Crippen LogP contribution in [0.25, 0.3) is 32.8 Å². The second-order valence-corrected chi connectivity index (χ2v) is 10.7. The molecule has 42 heavy (non-hydrogen) atoms. The van der Waals surface area contributed by atoms with Gasteiger partial charge in [0.2, 0.25) is 5.88 Å². The highest BCUT2D eigenvalue weighted by atomic mass is 16.7. The lowest BCUT2D eigenvalue weighted by molar-refractivity contribution is 0.0359. The van der Waals surface area contributed by atoms with Crippen molar-refractivity contribution in [2.45, 2.75) is 33.2 Å². The Kier molecular flexibility index (Phi) is 8.12. The molecule has 0 saturated carbocycles. The van der Waals surface area contributed by atoms with Crippen molar-refractivity contribution in [1.82, 2.24) is 19.7 Å². The number of aromatic nitrogens is 3. The number of carboxylic acid groups (broad SMARTS) is 1. The number of H-pyrrole nitrogens is 1. The van der Waals surface area contributed by atoms with Crippen LogP contribution in [0.4, 0.5) is 4.79 Å². The molecule has 2 aromatic heterocycles. The maximum absolute atomic E-state index is 11.6. The highest BCUT2D eigenvalue weighted by Gasteiger charge is 2.22. The number of para-hydroxylation sites is 1. The van der Waals surface area contributed by atoms with Gasteiger partial charge in [-0.05, 0) is 38.1 Å². The number of aryl methyl sites for hydroxylation is 2. The normalized spacial score (nSPS) is 14.0. The van der Waals surface area contributed by atoms with Crippen LogP contribution < -0.4 is 9.47 Å². The van der Waals surface area contributed by atoms with E-state index in [1.165, 1.54) is 0 Å². The van der Waals surface area contributed by atoms with Gasteiger partial charge in [-0.2, -0.15) is 5.10 Å². The van der Waals surface area contributed by atoms with E-state index in [4.69, 9.17) is 19.3 Å². The lowest BCUT2D eigenvalue weighted by atomic mass is 9.99. The Bertz CT molecular complexity index is 1710. The number of rotatable bonds is 10. The summed E-state index contributed by atoms with van der Waals surface area (Å²) in [4.78, 5) is 17.3. The van der Waals surface area contributed by atoms with Crippen LogP contribution in [-0.2, 0) is 17.7 Å². The fraction of sp³-hybridized carbons (Fsp3) is 0.333. The molecule has 218 valence electrons. The van der Waals surface area contributed by atoms with Gasteiger partial charge in [0.05, 0.1) is 37.6 Å². The zero-order valence-corrected chi connectivity index (χ0v) is 24.1. The van der Waals surface area contributed by atoms with Gasteiger partial charge in [-0.1, -0.05) is 54.6 Å². The minimum absolute atomic E-state index is 0.255. The van der Waals surface area contributed by atoms with Crippen molar-refractivity contribution in [2.24, 2.45) is 0 Å². The molecular weight excluding hydrogens is 532 g/mol. The predicted octanol–water partition coefficient (Wildman–Crippen LogP) is 6.20. The Hall–Kier alpha value is -4.34. The molecular formula is C33H36N4O5. The lowest BCUT2D eigenvalue weighted by Gasteiger charge is -2.26. The molecule has 2 N–H and O–H groups in total. The predicted molar refractivity (Wildman–Crippen MR) is 163 cm³/mol. The summed E-state index contributed by atoms with van der Waals surface area (Å²) >= 11 is 0. The molecule has 9 heteroatoms. The van der Waals surface area contributed by atoms with Crippen LogP contribution in [0.3, 0.4) is 0 Å². The first kappa shape index (κ1) is 27.8. The van der Waals surface area contributed by atoms with E-state index in [9.17, 15) is 9.90 Å². The van der Waals surface area contributed by atoms with E-state index in [2.05, 4.69) is 45.8 Å². The molecule has 9 nitrogen and oxygen atoms in total. The first-order valence-corrected chi connectivity index (χ1v) is 14.5. The molecule has 0 aliphatic carbocycles. The summed E-state index contributed by atoms with van der Waals surface area (Å²) < 4.78 is 19.0. The monoisotopic (exact) mass is 568 g/mol. The van der Waals surface area contributed by atoms with Crippen molar-refractivity contribution in [3.8, 4) is 22.8 Å². The highest BCUT2D eigenvalue weighted by Crippen LogP contribution is 2.38. The number of benzene rings is 3. The quantitative estimate of drug-likeness (QED) is 0.153. The molecule has 5 aromatic rings. The molecule has 6 rings (SSSR count). The van der Waals surface area contributed by atoms with E-state index in [1.807, 2.05) is 43.3 Å². The lowest BCUT2D eigenvalue weighted by Crippen LogP contribution is -2.38. The number of nitrogens with zero attached hydrogens (tertiary/aromatic N) is 3. The number of hydrogen-bond donors (Lipinski definition) is 2. The summed E-state index contributed by atoms with van der Waals surface area (Å²) in [5.74, 6) is 1.10. The van der Waals surface area contributed by atoms with Crippen molar-refractivity contribution >= 4 is 27.8 Å². The van der Waals surface area contributed by atoms with Crippen molar-refractivity contribution in [2.75, 3.05) is 39.5 Å². The van der Waals surface area contributed by atoms with Gasteiger partial charge in [0.25, 0.3) is 0 Å². The number of aromatic amines is 1. The number of hydrogen-bond acceptors (Lipinski definition) is 6. The van der Waals surface area contributed by atoms with E-state index >= 15 is 0 Å². The second-order valence-electron chi connectivity index (χ2n) is 10.7. The van der Waals surface area contributed by atoms with E-state index in [0.29, 0.717) is 19.4 Å². The van der Waals surface area contributed by atoms with E-state index in [1.54, 1.807) is 0 Å². The maximum Gasteiger partial charge on any atom is 0.512 e. The van der Waals surface area contributed by atoms with Gasteiger partial charge in [-0.15, -0.1) is 0 Å². The smallest absolute Gasteiger partial charge is 0.493 e. The molecule has 0 atom stereocenters. The van der Waals surface area contributed by atoms with Crippen LogP contribution in [0.1, 0.15) is 23.4 Å². The van der Waals surface area contributed by atoms with Gasteiger partial charge in [0, 0.05) is 52.8 Å². The Labute approximate surface area is 244 Å². The Morgan fingerprint density at radius 1 is 1.00 bits per heavy atom. The maximum atomic E-state index is 11.6. The first-order valence-electron chi connectivity index (χ1n) is 14.5. The van der Waals surface area contributed by atoms with Crippen LogP contribution in [0, 0.1) is 13.8 Å². The average molecular weight is 569 g/mol. The van der Waals surface area contributed by atoms with Gasteiger partial charge in [0.1, 0.15) is 5.75 Å². The zero-order chi connectivity index (χ0) is 29.1. The molecule has 1 saturated heterocycles. The Morgan fingerprint density at radius 2 is 1.76 bits per heavy atom. The minimum atomic E-state index is -1.35. The van der Waals surface area contributed by atoms with Crippen LogP contribution in [0.2, 0.25) is 0 Å². The van der Waals surface area contributed by atoms with Crippen molar-refractivity contribution in [1.29, 1.82) is 0 Å². The molecule has 3 aromatic carbocycles. The fourth-order valence-electron chi connectivity index (χ4n) is 6.00. The summed E-state index contributed by atoms with van der Waals surface area (Å²) in [5, 5.41) is 17.5. The summed E-state index contributed by atoms with van der Waals surface area (Å²) in [6.07, 6.45) is -0.0683. The molecule has 0 spiro atoms. The van der Waals surface area contributed by atoms with Crippen LogP contribution in [0.15, 0.2) is 60.7 Å². The third-order valence-electron chi connectivity index (χ3n) is 8.05. The first-order chi connectivity index (χ1) is 20.5. The van der Waals surface area contributed by atoms with Crippen LogP contribution in [-0.4, -0.2) is 70.4 Å². The summed E-state index contributed by atoms with van der Waals surface area (Å²) in [6.45, 7) is 9.74. The van der Waals surface area contributed by atoms with Gasteiger partial charge < -0.3 is 24.3 Å². The molecule has 3 heterocycles. The fourth-order valence-corrected chi connectivity index (χ4v) is 6.00. The van der Waals surface area contributed by atoms with Gasteiger partial charge in [0.15, 0.2) is 0 Å². The SMILES string of the molecule is Cc1nn(CCN2CCOCC2)c(C)c1-c1cccc2c(CCCOc3cccc4ccccc34)c(OC(=O)O)[nH]c12. The molecule has 0 amide bonds. The highest BCUT2D eigenvalue weighted by molar-refractivity contribution is 5.99. The van der Waals surface area contributed by atoms with Gasteiger partial charge >= 0.3 is 6.16 Å². The minimum Gasteiger partial charge on any atom is -0.493 e. The van der Waals surface area contributed by atoms with Crippen molar-refractivity contribution < 1.29 is 24.1 Å². The average Bonchev–Trinajstić information content (AvgIpc) is 3.49. The molecule has 0 unspecified atom stereocenters. The summed E-state index contributed by atoms with van der Waals surface area (Å²) in [5.41, 5.74) is 5.71. The number of nitrogens with one attached hydrogen (secondary N) is 1. The van der Waals surface area contributed by atoms with E-state index in [0.717, 1.165) is 94.9 Å². The Balaban J connectivity index is 1.25. The Morgan fingerprint density at radius 3 is 2.60 bits per heavy atom. The topological polar surface area (TPSA) is 102 Å². The van der Waals surface area contributed by atoms with Crippen LogP contribution >= 0.6 is 0 Å². The summed E-state index contributed by atoms with van der Waals surface area (Å²) in [7, 11) is 0. The van der Waals surface area contributed by atoms with Crippen molar-refractivity contribution in [3.05, 3.63) is 77.6 Å². The largest absolute Gasteiger partial charge is 0.512 e. The zero-order valence-electron chi connectivity index (χ0n) is 24.1. The number of carbonyl (C=O) groups is 1.